The topological polar surface area (TPSA) is 67.4 Å². The van der Waals surface area contributed by atoms with Crippen LogP contribution in [0.25, 0.3) is 0 Å². The molecule has 5 nitrogen and oxygen atoms in total. The van der Waals surface area contributed by atoms with Crippen LogP contribution in [0.15, 0.2) is 29.2 Å². The van der Waals surface area contributed by atoms with Crippen LogP contribution >= 0.6 is 12.2 Å². The molecule has 0 radical (unpaired) electrons. The van der Waals surface area contributed by atoms with E-state index in [1.165, 1.54) is 20.2 Å². The van der Waals surface area contributed by atoms with Crippen LogP contribution in [0, 0.1) is 0 Å². The first-order chi connectivity index (χ1) is 7.51. The second-order valence-electron chi connectivity index (χ2n) is 2.84. The third kappa shape index (κ3) is 2.83. The summed E-state index contributed by atoms with van der Waals surface area (Å²) in [6, 6.07) is 6.31. The number of rotatable bonds is 3. The molecule has 0 aliphatic carbocycles. The van der Waals surface area contributed by atoms with Crippen LogP contribution in [0.3, 0.4) is 0 Å². The van der Waals surface area contributed by atoms with Crippen LogP contribution in [-0.4, -0.2) is 27.7 Å². The lowest BCUT2D eigenvalue weighted by atomic mass is 10.3. The monoisotopic (exact) mass is 260 g/mol. The minimum absolute atomic E-state index is 0.0332. The number of hydrogen-bond donors (Lipinski definition) is 2. The molecule has 0 bridgehead atoms. The van der Waals surface area contributed by atoms with E-state index in [0.717, 1.165) is 0 Å². The quantitative estimate of drug-likeness (QED) is 0.774. The number of ether oxygens (including phenoxy) is 1. The number of thiocarbonyl (C=S) groups is 1. The molecule has 0 saturated carbocycles. The van der Waals surface area contributed by atoms with Crippen molar-refractivity contribution in [2.45, 2.75) is 4.90 Å². The largest absolute Gasteiger partial charge is 0.495 e. The van der Waals surface area contributed by atoms with Gasteiger partial charge in [0.1, 0.15) is 10.6 Å². The number of para-hydroxylation sites is 1. The highest BCUT2D eigenvalue weighted by Gasteiger charge is 2.19. The summed E-state index contributed by atoms with van der Waals surface area (Å²) in [5, 5.41) is 2.56. The molecule has 2 N–H and O–H groups in total. The molecule has 0 aromatic heterocycles. The molecule has 0 aliphatic heterocycles. The zero-order chi connectivity index (χ0) is 12.2. The Morgan fingerprint density at radius 1 is 1.38 bits per heavy atom. The normalized spacial score (nSPS) is 10.6. The van der Waals surface area contributed by atoms with Crippen LogP contribution in [0.5, 0.6) is 5.75 Å². The number of benzene rings is 1. The van der Waals surface area contributed by atoms with Crippen molar-refractivity contribution in [3.05, 3.63) is 24.3 Å². The van der Waals surface area contributed by atoms with Crippen molar-refractivity contribution in [3.8, 4) is 5.75 Å². The Hall–Kier alpha value is -1.34. The summed E-state index contributed by atoms with van der Waals surface area (Å²) >= 11 is 4.74. The number of hydrogen-bond acceptors (Lipinski definition) is 4. The van der Waals surface area contributed by atoms with Gasteiger partial charge in [-0.3, -0.25) is 4.72 Å². The fourth-order valence-electron chi connectivity index (χ4n) is 1.07. The molecule has 1 aromatic carbocycles. The molecule has 0 spiro atoms. The predicted octanol–water partition coefficient (Wildman–Crippen LogP) is 0.478. The van der Waals surface area contributed by atoms with E-state index in [1.807, 2.05) is 0 Å². The Bertz CT molecular complexity index is 485. The van der Waals surface area contributed by atoms with E-state index in [0.29, 0.717) is 0 Å². The maximum Gasteiger partial charge on any atom is 0.267 e. The molecule has 0 heterocycles. The maximum atomic E-state index is 11.9. The van der Waals surface area contributed by atoms with Crippen LogP contribution in [-0.2, 0) is 10.0 Å². The molecule has 0 saturated heterocycles. The fraction of sp³-hybridized carbons (Fsp3) is 0.222. The summed E-state index contributed by atoms with van der Waals surface area (Å²) in [7, 11) is -0.751. The number of nitrogens with one attached hydrogen (secondary N) is 2. The summed E-state index contributed by atoms with van der Waals surface area (Å²) in [5.41, 5.74) is 0. The summed E-state index contributed by atoms with van der Waals surface area (Å²) in [6.45, 7) is 0. The average molecular weight is 260 g/mol. The summed E-state index contributed by atoms with van der Waals surface area (Å²) in [6.07, 6.45) is 0. The molecule has 88 valence electrons. The van der Waals surface area contributed by atoms with Gasteiger partial charge in [-0.2, -0.15) is 0 Å². The third-order valence-corrected chi connectivity index (χ3v) is 3.64. The first-order valence-corrected chi connectivity index (χ1v) is 6.28. The van der Waals surface area contributed by atoms with Gasteiger partial charge in [0.2, 0.25) is 0 Å². The number of methoxy groups -OCH3 is 1. The number of sulfonamides is 1. The lowest BCUT2D eigenvalue weighted by Crippen LogP contribution is -2.37. The Morgan fingerprint density at radius 3 is 2.56 bits per heavy atom. The molecule has 7 heteroatoms. The van der Waals surface area contributed by atoms with Gasteiger partial charge in [-0.25, -0.2) is 8.42 Å². The third-order valence-electron chi connectivity index (χ3n) is 1.81. The van der Waals surface area contributed by atoms with Gasteiger partial charge in [0.25, 0.3) is 10.0 Å². The van der Waals surface area contributed by atoms with Crippen LogP contribution < -0.4 is 14.8 Å². The van der Waals surface area contributed by atoms with Gasteiger partial charge in [0, 0.05) is 7.05 Å². The zero-order valence-electron chi connectivity index (χ0n) is 8.85. The van der Waals surface area contributed by atoms with E-state index in [-0.39, 0.29) is 15.8 Å². The second kappa shape index (κ2) is 5.13. The standard InChI is InChI=1S/C9H12N2O3S2/c1-10-9(15)11-16(12,13)8-6-4-3-5-7(8)14-2/h3-6H,1-2H3,(H2,10,11,15). The molecule has 0 fully saturated rings. The highest BCUT2D eigenvalue weighted by molar-refractivity contribution is 7.92. The lowest BCUT2D eigenvalue weighted by molar-refractivity contribution is 0.402. The van der Waals surface area contributed by atoms with Crippen LogP contribution in [0.1, 0.15) is 0 Å². The molecule has 1 aromatic rings. The van der Waals surface area contributed by atoms with Gasteiger partial charge in [-0.05, 0) is 24.4 Å². The van der Waals surface area contributed by atoms with Gasteiger partial charge >= 0.3 is 0 Å². The fourth-order valence-corrected chi connectivity index (χ4v) is 2.53. The molecule has 16 heavy (non-hydrogen) atoms. The van der Waals surface area contributed by atoms with Gasteiger partial charge in [-0.15, -0.1) is 0 Å². The summed E-state index contributed by atoms with van der Waals surface area (Å²) < 4.78 is 30.9. The Labute approximate surface area is 99.9 Å². The molecular formula is C9H12N2O3S2. The predicted molar refractivity (Wildman–Crippen MR) is 65.0 cm³/mol. The first-order valence-electron chi connectivity index (χ1n) is 4.39. The molecule has 0 atom stereocenters. The second-order valence-corrected chi connectivity index (χ2v) is 4.89. The van der Waals surface area contributed by atoms with E-state index in [4.69, 9.17) is 17.0 Å². The maximum absolute atomic E-state index is 11.9. The average Bonchev–Trinajstić information content (AvgIpc) is 2.28. The van der Waals surface area contributed by atoms with E-state index in [1.54, 1.807) is 18.2 Å². The van der Waals surface area contributed by atoms with E-state index < -0.39 is 10.0 Å². The van der Waals surface area contributed by atoms with Gasteiger partial charge in [0.15, 0.2) is 5.11 Å². The highest BCUT2D eigenvalue weighted by atomic mass is 32.2. The van der Waals surface area contributed by atoms with Gasteiger partial charge in [0.05, 0.1) is 7.11 Å². The van der Waals surface area contributed by atoms with Crippen molar-refractivity contribution in [2.24, 2.45) is 0 Å². The van der Waals surface area contributed by atoms with Crippen molar-refractivity contribution in [1.29, 1.82) is 0 Å². The first kappa shape index (κ1) is 12.7. The molecule has 0 unspecified atom stereocenters. The Balaban J connectivity index is 3.12. The Kier molecular flexibility index (Phi) is 4.08. The lowest BCUT2D eigenvalue weighted by Gasteiger charge is -2.11. The van der Waals surface area contributed by atoms with Gasteiger partial charge < -0.3 is 10.1 Å². The summed E-state index contributed by atoms with van der Waals surface area (Å²) in [5.74, 6) is 0.272. The van der Waals surface area contributed by atoms with E-state index in [9.17, 15) is 8.42 Å². The molecular weight excluding hydrogens is 248 g/mol. The van der Waals surface area contributed by atoms with Crippen LogP contribution in [0.2, 0.25) is 0 Å². The highest BCUT2D eigenvalue weighted by Crippen LogP contribution is 2.22. The van der Waals surface area contributed by atoms with E-state index >= 15 is 0 Å². The SMILES string of the molecule is CNC(=S)NS(=O)(=O)c1ccccc1OC. The Morgan fingerprint density at radius 2 is 2.00 bits per heavy atom. The van der Waals surface area contributed by atoms with Crippen molar-refractivity contribution in [3.63, 3.8) is 0 Å². The van der Waals surface area contributed by atoms with Crippen molar-refractivity contribution < 1.29 is 13.2 Å². The van der Waals surface area contributed by atoms with E-state index in [2.05, 4.69) is 10.0 Å². The van der Waals surface area contributed by atoms with Crippen molar-refractivity contribution in [1.82, 2.24) is 10.0 Å². The molecule has 1 rings (SSSR count). The summed E-state index contributed by atoms with van der Waals surface area (Å²) in [4.78, 5) is 0.0510. The zero-order valence-corrected chi connectivity index (χ0v) is 10.5. The molecule has 0 aliphatic rings. The minimum Gasteiger partial charge on any atom is -0.495 e. The molecule has 0 amide bonds. The van der Waals surface area contributed by atoms with Crippen molar-refractivity contribution in [2.75, 3.05) is 14.2 Å². The van der Waals surface area contributed by atoms with Crippen molar-refractivity contribution >= 4 is 27.4 Å². The van der Waals surface area contributed by atoms with Crippen LogP contribution in [0.4, 0.5) is 0 Å². The minimum atomic E-state index is -3.69. The smallest absolute Gasteiger partial charge is 0.267 e. The van der Waals surface area contributed by atoms with Gasteiger partial charge in [-0.1, -0.05) is 12.1 Å².